The molecule has 264 valence electrons. The molecular weight excluding hydrogens is 689 g/mol. The number of benzene rings is 8. The van der Waals surface area contributed by atoms with Crippen LogP contribution in [0.3, 0.4) is 0 Å². The summed E-state index contributed by atoms with van der Waals surface area (Å²) in [6.45, 7) is 0. The van der Waals surface area contributed by atoms with Crippen molar-refractivity contribution in [2.24, 2.45) is 0 Å². The smallest absolute Gasteiger partial charge is 0.0788 e. The van der Waals surface area contributed by atoms with E-state index in [4.69, 9.17) is 9.97 Å². The van der Waals surface area contributed by atoms with Gasteiger partial charge < -0.3 is 0 Å². The van der Waals surface area contributed by atoms with Crippen molar-refractivity contribution in [2.75, 3.05) is 0 Å². The van der Waals surface area contributed by atoms with Gasteiger partial charge in [0.15, 0.2) is 0 Å². The van der Waals surface area contributed by atoms with E-state index in [1.807, 2.05) is 6.07 Å². The maximum absolute atomic E-state index is 5.41. The molecule has 2 aromatic heterocycles. The summed E-state index contributed by atoms with van der Waals surface area (Å²) in [4.78, 5) is 10.6. The second-order valence-corrected chi connectivity index (χ2v) is 15.2. The SMILES string of the molecule is c1ccc(-c2cc(-c3ccccc3)nc(-c3ccc(-c4nc5ccccc5c5c6c(ccc45)C4(c5ccccc5-c5ccccc54)c4ccccc4-6)cc3)c2)cc1. The molecule has 0 unspecified atom stereocenters. The lowest BCUT2D eigenvalue weighted by Crippen LogP contribution is -2.25. The molecule has 0 bridgehead atoms. The largest absolute Gasteiger partial charge is 0.248 e. The molecule has 57 heavy (non-hydrogen) atoms. The van der Waals surface area contributed by atoms with E-state index in [2.05, 4.69) is 200 Å². The second kappa shape index (κ2) is 12.3. The fourth-order valence-corrected chi connectivity index (χ4v) is 9.88. The highest BCUT2D eigenvalue weighted by Crippen LogP contribution is 2.64. The van der Waals surface area contributed by atoms with Gasteiger partial charge in [0, 0.05) is 32.8 Å². The molecule has 0 fully saturated rings. The van der Waals surface area contributed by atoms with Gasteiger partial charge in [0.25, 0.3) is 0 Å². The molecule has 0 saturated heterocycles. The standard InChI is InChI=1S/C55H34N2/c1-3-15-35(16-4-1)39-33-50(36-17-5-2-6-18-36)56-51(34-39)37-27-29-38(30-28-37)54-44-31-32-48-53(52(44)43-22-10-14-26-49(43)57-54)42-21-9-13-25-47(42)55(48)45-23-11-7-19-40(45)41-20-8-12-24-46(41)55/h1-34H. The first-order valence-electron chi connectivity index (χ1n) is 19.7. The van der Waals surface area contributed by atoms with Crippen molar-refractivity contribution in [2.45, 2.75) is 5.41 Å². The third-order valence-corrected chi connectivity index (χ3v) is 12.3. The molecule has 0 amide bonds. The van der Waals surface area contributed by atoms with Crippen LogP contribution in [0, 0.1) is 0 Å². The molecule has 2 nitrogen and oxygen atoms in total. The molecule has 0 N–H and O–H groups in total. The zero-order valence-electron chi connectivity index (χ0n) is 31.0. The van der Waals surface area contributed by atoms with Gasteiger partial charge in [0.2, 0.25) is 0 Å². The lowest BCUT2D eigenvalue weighted by atomic mass is 9.70. The topological polar surface area (TPSA) is 25.8 Å². The fourth-order valence-electron chi connectivity index (χ4n) is 9.88. The first kappa shape index (κ1) is 31.9. The molecule has 0 aliphatic heterocycles. The van der Waals surface area contributed by atoms with Gasteiger partial charge in [-0.1, -0.05) is 188 Å². The summed E-state index contributed by atoms with van der Waals surface area (Å²) in [6, 6.07) is 74.7. The van der Waals surface area contributed by atoms with Crippen molar-refractivity contribution in [1.29, 1.82) is 0 Å². The lowest BCUT2D eigenvalue weighted by Gasteiger charge is -2.30. The summed E-state index contributed by atoms with van der Waals surface area (Å²) in [6.07, 6.45) is 0. The number of rotatable bonds is 4. The maximum Gasteiger partial charge on any atom is 0.0788 e. The Balaban J connectivity index is 1.07. The number of para-hydroxylation sites is 1. The van der Waals surface area contributed by atoms with Crippen molar-refractivity contribution in [1.82, 2.24) is 9.97 Å². The van der Waals surface area contributed by atoms with Gasteiger partial charge >= 0.3 is 0 Å². The maximum atomic E-state index is 5.41. The Morgan fingerprint density at radius 3 is 1.49 bits per heavy atom. The van der Waals surface area contributed by atoms with E-state index in [-0.39, 0.29) is 0 Å². The van der Waals surface area contributed by atoms with Crippen LogP contribution in [-0.4, -0.2) is 9.97 Å². The fraction of sp³-hybridized carbons (Fsp3) is 0.0182. The van der Waals surface area contributed by atoms with Gasteiger partial charge in [0.1, 0.15) is 0 Å². The lowest BCUT2D eigenvalue weighted by molar-refractivity contribution is 0.794. The van der Waals surface area contributed by atoms with Crippen molar-refractivity contribution < 1.29 is 0 Å². The zero-order chi connectivity index (χ0) is 37.5. The minimum Gasteiger partial charge on any atom is -0.248 e. The van der Waals surface area contributed by atoms with E-state index in [9.17, 15) is 0 Å². The molecule has 10 aromatic rings. The van der Waals surface area contributed by atoms with Gasteiger partial charge in [-0.3, -0.25) is 0 Å². The molecule has 2 aliphatic carbocycles. The van der Waals surface area contributed by atoms with E-state index >= 15 is 0 Å². The van der Waals surface area contributed by atoms with Crippen molar-refractivity contribution in [3.8, 4) is 67.2 Å². The molecule has 2 heterocycles. The van der Waals surface area contributed by atoms with Crippen molar-refractivity contribution in [3.05, 3.63) is 229 Å². The normalized spacial score (nSPS) is 13.1. The van der Waals surface area contributed by atoms with E-state index in [1.54, 1.807) is 0 Å². The first-order valence-corrected chi connectivity index (χ1v) is 19.7. The summed E-state index contributed by atoms with van der Waals surface area (Å²) in [7, 11) is 0. The monoisotopic (exact) mass is 722 g/mol. The molecule has 1 spiro atoms. The van der Waals surface area contributed by atoms with Crippen molar-refractivity contribution in [3.63, 3.8) is 0 Å². The summed E-state index contributed by atoms with van der Waals surface area (Å²) in [5.41, 5.74) is 19.6. The Morgan fingerprint density at radius 2 is 0.825 bits per heavy atom. The number of fused-ring (bicyclic) bond motifs is 14. The Bertz CT molecular complexity index is 3110. The number of pyridine rings is 2. The zero-order valence-corrected chi connectivity index (χ0v) is 31.0. The van der Waals surface area contributed by atoms with Crippen molar-refractivity contribution >= 4 is 21.7 Å². The van der Waals surface area contributed by atoms with Crippen LogP contribution in [0.2, 0.25) is 0 Å². The summed E-state index contributed by atoms with van der Waals surface area (Å²) in [5, 5.41) is 3.58. The van der Waals surface area contributed by atoms with Gasteiger partial charge in [-0.25, -0.2) is 9.97 Å². The van der Waals surface area contributed by atoms with E-state index < -0.39 is 5.41 Å². The van der Waals surface area contributed by atoms with Crippen LogP contribution in [0.4, 0.5) is 0 Å². The van der Waals surface area contributed by atoms with Gasteiger partial charge in [0.05, 0.1) is 28.0 Å². The Morgan fingerprint density at radius 1 is 0.316 bits per heavy atom. The van der Waals surface area contributed by atoms with Crippen LogP contribution in [0.1, 0.15) is 22.3 Å². The quantitative estimate of drug-likeness (QED) is 0.169. The molecule has 8 aromatic carbocycles. The van der Waals surface area contributed by atoms with Gasteiger partial charge in [-0.2, -0.15) is 0 Å². The molecule has 0 radical (unpaired) electrons. The molecule has 0 saturated carbocycles. The highest BCUT2D eigenvalue weighted by molar-refractivity contribution is 6.20. The third-order valence-electron chi connectivity index (χ3n) is 12.3. The average Bonchev–Trinajstić information content (AvgIpc) is 3.77. The van der Waals surface area contributed by atoms with E-state index in [0.717, 1.165) is 50.2 Å². The predicted molar refractivity (Wildman–Crippen MR) is 235 cm³/mol. The van der Waals surface area contributed by atoms with Gasteiger partial charge in [-0.15, -0.1) is 0 Å². The number of hydrogen-bond donors (Lipinski definition) is 0. The van der Waals surface area contributed by atoms with Crippen LogP contribution in [-0.2, 0) is 5.41 Å². The number of nitrogens with zero attached hydrogens (tertiary/aromatic N) is 2. The summed E-state index contributed by atoms with van der Waals surface area (Å²) >= 11 is 0. The predicted octanol–water partition coefficient (Wildman–Crippen LogP) is 13.8. The number of hydrogen-bond acceptors (Lipinski definition) is 2. The second-order valence-electron chi connectivity index (χ2n) is 15.2. The average molecular weight is 723 g/mol. The molecule has 0 atom stereocenters. The highest BCUT2D eigenvalue weighted by Gasteiger charge is 2.52. The Hall–Kier alpha value is -7.42. The molecular formula is C55H34N2. The van der Waals surface area contributed by atoms with Crippen LogP contribution in [0.15, 0.2) is 206 Å². The summed E-state index contributed by atoms with van der Waals surface area (Å²) in [5.74, 6) is 0. The van der Waals surface area contributed by atoms with E-state index in [0.29, 0.717) is 0 Å². The number of aromatic nitrogens is 2. The molecule has 2 heteroatoms. The third kappa shape index (κ3) is 4.59. The van der Waals surface area contributed by atoms with Crippen LogP contribution in [0.5, 0.6) is 0 Å². The molecule has 2 aliphatic rings. The van der Waals surface area contributed by atoms with Crippen LogP contribution >= 0.6 is 0 Å². The van der Waals surface area contributed by atoms with Crippen LogP contribution in [0.25, 0.3) is 88.8 Å². The van der Waals surface area contributed by atoms with Gasteiger partial charge in [-0.05, 0) is 73.8 Å². The first-order chi connectivity index (χ1) is 28.3. The minimum atomic E-state index is -0.403. The summed E-state index contributed by atoms with van der Waals surface area (Å²) < 4.78 is 0. The van der Waals surface area contributed by atoms with E-state index in [1.165, 1.54) is 60.8 Å². The molecule has 12 rings (SSSR count). The minimum absolute atomic E-state index is 0.403. The highest BCUT2D eigenvalue weighted by atomic mass is 14.7. The Labute approximate surface area is 331 Å². The Kier molecular flexibility index (Phi) is 6.88. The van der Waals surface area contributed by atoms with Crippen LogP contribution < -0.4 is 0 Å².